The molecule has 4 nitrogen and oxygen atoms in total. The van der Waals surface area contributed by atoms with E-state index in [0.29, 0.717) is 17.9 Å². The Bertz CT molecular complexity index is 625. The van der Waals surface area contributed by atoms with Gasteiger partial charge in [0, 0.05) is 6.54 Å². The van der Waals surface area contributed by atoms with Crippen molar-refractivity contribution < 1.29 is 8.42 Å². The number of halogens is 1. The van der Waals surface area contributed by atoms with Crippen LogP contribution in [0, 0.1) is 0 Å². The molecule has 1 aromatic carbocycles. The summed E-state index contributed by atoms with van der Waals surface area (Å²) in [5.41, 5.74) is 2.25. The first-order valence-corrected chi connectivity index (χ1v) is 9.55. The summed E-state index contributed by atoms with van der Waals surface area (Å²) < 4.78 is 27.5. The number of fused-ring (bicyclic) bond motifs is 1. The molecule has 0 unspecified atom stereocenters. The monoisotopic (exact) mass is 358 g/mol. The highest BCUT2D eigenvalue weighted by Crippen LogP contribution is 2.26. The number of allylic oxidation sites excluding steroid dienone is 1. The van der Waals surface area contributed by atoms with Crippen LogP contribution in [0.1, 0.15) is 37.8 Å². The van der Waals surface area contributed by atoms with Crippen LogP contribution in [-0.4, -0.2) is 39.5 Å². The van der Waals surface area contributed by atoms with E-state index in [9.17, 15) is 8.42 Å². The number of sulfonamides is 1. The largest absolute Gasteiger partial charge is 0.304 e. The molecule has 0 radical (unpaired) electrons. The third-order valence-electron chi connectivity index (χ3n) is 4.20. The van der Waals surface area contributed by atoms with Crippen molar-refractivity contribution in [1.29, 1.82) is 0 Å². The van der Waals surface area contributed by atoms with Gasteiger partial charge in [-0.2, -0.15) is 0 Å². The van der Waals surface area contributed by atoms with E-state index in [1.165, 1.54) is 5.56 Å². The first-order valence-electron chi connectivity index (χ1n) is 8.07. The van der Waals surface area contributed by atoms with Crippen LogP contribution in [0.25, 0.3) is 6.08 Å². The molecule has 0 saturated carbocycles. The van der Waals surface area contributed by atoms with E-state index >= 15 is 0 Å². The molecule has 0 bridgehead atoms. The minimum absolute atomic E-state index is 0. The Morgan fingerprint density at radius 1 is 1.13 bits per heavy atom. The lowest BCUT2D eigenvalue weighted by Gasteiger charge is -2.19. The molecule has 0 spiro atoms. The molecule has 0 aromatic heterocycles. The van der Waals surface area contributed by atoms with Crippen LogP contribution in [0.5, 0.6) is 0 Å². The third-order valence-corrected chi connectivity index (χ3v) is 5.79. The summed E-state index contributed by atoms with van der Waals surface area (Å²) >= 11 is 0. The zero-order chi connectivity index (χ0) is 16.0. The summed E-state index contributed by atoms with van der Waals surface area (Å²) in [5, 5.41) is 0. The second-order valence-corrected chi connectivity index (χ2v) is 7.41. The fourth-order valence-corrected chi connectivity index (χ4v) is 4.01. The Morgan fingerprint density at radius 3 is 2.52 bits per heavy atom. The van der Waals surface area contributed by atoms with Gasteiger partial charge >= 0.3 is 0 Å². The van der Waals surface area contributed by atoms with Gasteiger partial charge in [-0.1, -0.05) is 38.1 Å². The van der Waals surface area contributed by atoms with Crippen LogP contribution in [0.15, 0.2) is 29.2 Å². The van der Waals surface area contributed by atoms with Crippen molar-refractivity contribution in [3.63, 3.8) is 0 Å². The maximum atomic E-state index is 12.4. The number of benzene rings is 1. The van der Waals surface area contributed by atoms with Crippen molar-refractivity contribution in [2.75, 3.05) is 26.2 Å². The van der Waals surface area contributed by atoms with Gasteiger partial charge in [0.2, 0.25) is 10.0 Å². The zero-order valence-electron chi connectivity index (χ0n) is 13.9. The Labute approximate surface area is 146 Å². The quantitative estimate of drug-likeness (QED) is 0.726. The highest BCUT2D eigenvalue weighted by atomic mass is 35.5. The molecule has 130 valence electrons. The van der Waals surface area contributed by atoms with E-state index in [1.807, 2.05) is 24.3 Å². The van der Waals surface area contributed by atoms with Gasteiger partial charge in [0.05, 0.1) is 4.91 Å². The highest BCUT2D eigenvalue weighted by molar-refractivity contribution is 7.93. The van der Waals surface area contributed by atoms with Crippen LogP contribution in [-0.2, 0) is 16.4 Å². The second kappa shape index (κ2) is 9.42. The number of hydrogen-bond acceptors (Lipinski definition) is 3. The van der Waals surface area contributed by atoms with E-state index in [1.54, 1.807) is 0 Å². The molecule has 1 N–H and O–H groups in total. The molecule has 2 rings (SSSR count). The first-order chi connectivity index (χ1) is 10.6. The molecule has 0 heterocycles. The summed E-state index contributed by atoms with van der Waals surface area (Å²) in [4.78, 5) is 2.80. The molecule has 0 aliphatic heterocycles. The normalized spacial score (nSPS) is 14.1. The molecule has 23 heavy (non-hydrogen) atoms. The predicted molar refractivity (Wildman–Crippen MR) is 99.3 cm³/mol. The average molecular weight is 359 g/mol. The van der Waals surface area contributed by atoms with Gasteiger partial charge in [-0.15, -0.1) is 12.4 Å². The topological polar surface area (TPSA) is 49.4 Å². The van der Waals surface area contributed by atoms with Gasteiger partial charge in [0.1, 0.15) is 0 Å². The number of nitrogens with one attached hydrogen (secondary N) is 1. The summed E-state index contributed by atoms with van der Waals surface area (Å²) in [7, 11) is -3.34. The lowest BCUT2D eigenvalue weighted by molar-refractivity contribution is 0.300. The minimum Gasteiger partial charge on any atom is -0.304 e. The van der Waals surface area contributed by atoms with Crippen LogP contribution in [0.3, 0.4) is 0 Å². The number of hydrogen-bond donors (Lipinski definition) is 1. The van der Waals surface area contributed by atoms with Gasteiger partial charge in [-0.3, -0.25) is 0 Å². The van der Waals surface area contributed by atoms with Crippen LogP contribution >= 0.6 is 12.4 Å². The van der Waals surface area contributed by atoms with Crippen molar-refractivity contribution in [3.8, 4) is 0 Å². The standard InChI is InChI=1S/C17H26N2O2S.ClH/c1-3-19(4-2)13-7-12-18-22(20,21)17-11-10-15-8-5-6-9-16(15)14-17;/h5-6,8-9,14,18H,3-4,7,10-13H2,1-2H3;1H. The number of rotatable bonds is 8. The summed E-state index contributed by atoms with van der Waals surface area (Å²) in [6, 6.07) is 7.98. The van der Waals surface area contributed by atoms with Gasteiger partial charge in [0.25, 0.3) is 0 Å². The smallest absolute Gasteiger partial charge is 0.236 e. The molecule has 0 atom stereocenters. The number of nitrogens with zero attached hydrogens (tertiary/aromatic N) is 1. The molecule has 1 aliphatic rings. The maximum absolute atomic E-state index is 12.4. The SMILES string of the molecule is CCN(CC)CCCNS(=O)(=O)C1=Cc2ccccc2CC1.Cl. The van der Waals surface area contributed by atoms with Gasteiger partial charge < -0.3 is 4.90 Å². The first kappa shape index (κ1) is 20.2. The van der Waals surface area contributed by atoms with Crippen LogP contribution in [0.2, 0.25) is 0 Å². The van der Waals surface area contributed by atoms with Crippen LogP contribution in [0.4, 0.5) is 0 Å². The Hall–Kier alpha value is -0.880. The number of aryl methyl sites for hydroxylation is 1. The van der Waals surface area contributed by atoms with E-state index < -0.39 is 10.0 Å². The second-order valence-electron chi connectivity index (χ2n) is 5.59. The molecule has 1 aliphatic carbocycles. The third kappa shape index (κ3) is 5.60. The Balaban J connectivity index is 0.00000264. The summed E-state index contributed by atoms with van der Waals surface area (Å²) in [6.07, 6.45) is 4.03. The highest BCUT2D eigenvalue weighted by Gasteiger charge is 2.21. The average Bonchev–Trinajstić information content (AvgIpc) is 2.54. The fraction of sp³-hybridized carbons (Fsp3) is 0.529. The minimum atomic E-state index is -3.34. The van der Waals surface area contributed by atoms with Crippen molar-refractivity contribution in [3.05, 3.63) is 40.3 Å². The predicted octanol–water partition coefficient (Wildman–Crippen LogP) is 3.05. The van der Waals surface area contributed by atoms with Gasteiger partial charge in [-0.05, 0) is 56.1 Å². The molecule has 0 saturated heterocycles. The van der Waals surface area contributed by atoms with Gasteiger partial charge in [-0.25, -0.2) is 13.1 Å². The maximum Gasteiger partial charge on any atom is 0.236 e. The molecule has 1 aromatic rings. The molecule has 0 amide bonds. The van der Waals surface area contributed by atoms with Crippen molar-refractivity contribution >= 4 is 28.5 Å². The van der Waals surface area contributed by atoms with Crippen molar-refractivity contribution in [2.24, 2.45) is 0 Å². The Kier molecular flexibility index (Phi) is 8.26. The molecular formula is C17H27ClN2O2S. The Morgan fingerprint density at radius 2 is 1.83 bits per heavy atom. The molecular weight excluding hydrogens is 332 g/mol. The summed E-state index contributed by atoms with van der Waals surface area (Å²) in [5.74, 6) is 0. The van der Waals surface area contributed by atoms with E-state index in [0.717, 1.165) is 38.0 Å². The lowest BCUT2D eigenvalue weighted by Crippen LogP contribution is -2.31. The van der Waals surface area contributed by atoms with Crippen LogP contribution < -0.4 is 4.72 Å². The lowest BCUT2D eigenvalue weighted by atomic mass is 9.98. The zero-order valence-corrected chi connectivity index (χ0v) is 15.5. The van der Waals surface area contributed by atoms with E-state index in [4.69, 9.17) is 0 Å². The van der Waals surface area contributed by atoms with E-state index in [-0.39, 0.29) is 12.4 Å². The van der Waals surface area contributed by atoms with Crippen molar-refractivity contribution in [1.82, 2.24) is 9.62 Å². The van der Waals surface area contributed by atoms with E-state index in [2.05, 4.69) is 29.5 Å². The molecule has 0 fully saturated rings. The van der Waals surface area contributed by atoms with Gasteiger partial charge in [0.15, 0.2) is 0 Å². The summed E-state index contributed by atoms with van der Waals surface area (Å²) in [6.45, 7) is 7.68. The van der Waals surface area contributed by atoms with Crippen molar-refractivity contribution in [2.45, 2.75) is 33.1 Å². The fourth-order valence-electron chi connectivity index (χ4n) is 2.76. The molecule has 6 heteroatoms.